The highest BCUT2D eigenvalue weighted by Crippen LogP contribution is 2.14. The molecule has 1 fully saturated rings. The van der Waals surface area contributed by atoms with E-state index in [-0.39, 0.29) is 0 Å². The molecule has 0 bridgehead atoms. The summed E-state index contributed by atoms with van der Waals surface area (Å²) in [4.78, 5) is 11.2. The zero-order valence-corrected chi connectivity index (χ0v) is 11.4. The second-order valence-electron chi connectivity index (χ2n) is 4.97. The molecule has 4 heteroatoms. The lowest BCUT2D eigenvalue weighted by Gasteiger charge is -2.14. The van der Waals surface area contributed by atoms with Crippen molar-refractivity contribution in [1.29, 1.82) is 0 Å². The third kappa shape index (κ3) is 3.95. The Morgan fingerprint density at radius 1 is 1.17 bits per heavy atom. The highest BCUT2D eigenvalue weighted by molar-refractivity contribution is 5.30. The van der Waals surface area contributed by atoms with Crippen LogP contribution in [0.3, 0.4) is 0 Å². The number of unbranched alkanes of at least 4 members (excludes halogenated alkanes) is 2. The van der Waals surface area contributed by atoms with Gasteiger partial charge in [-0.2, -0.15) is 0 Å². The van der Waals surface area contributed by atoms with E-state index in [0.29, 0.717) is 0 Å². The van der Waals surface area contributed by atoms with Gasteiger partial charge in [-0.05, 0) is 25.8 Å². The fraction of sp³-hybridized carbons (Fsp3) is 0.714. The van der Waals surface area contributed by atoms with E-state index in [1.54, 1.807) is 0 Å². The van der Waals surface area contributed by atoms with Gasteiger partial charge < -0.3 is 10.2 Å². The summed E-state index contributed by atoms with van der Waals surface area (Å²) in [7, 11) is 0. The zero-order valence-electron chi connectivity index (χ0n) is 11.4. The molecule has 0 unspecified atom stereocenters. The maximum Gasteiger partial charge on any atom is 0.225 e. The SMILES string of the molecule is CCCCCNCc1cnc(N2CCCC2)nc1. The van der Waals surface area contributed by atoms with E-state index in [0.717, 1.165) is 32.1 Å². The molecule has 2 heterocycles. The number of nitrogens with zero attached hydrogens (tertiary/aromatic N) is 3. The van der Waals surface area contributed by atoms with Crippen LogP contribution in [0.15, 0.2) is 12.4 Å². The Morgan fingerprint density at radius 2 is 1.89 bits per heavy atom. The van der Waals surface area contributed by atoms with Crippen molar-refractivity contribution in [2.45, 2.75) is 45.6 Å². The van der Waals surface area contributed by atoms with E-state index < -0.39 is 0 Å². The minimum absolute atomic E-state index is 0.879. The summed E-state index contributed by atoms with van der Waals surface area (Å²) in [5.74, 6) is 0.891. The molecule has 100 valence electrons. The maximum absolute atomic E-state index is 4.45. The second-order valence-corrected chi connectivity index (χ2v) is 4.97. The van der Waals surface area contributed by atoms with Crippen LogP contribution in [0.1, 0.15) is 44.6 Å². The summed E-state index contributed by atoms with van der Waals surface area (Å²) in [5, 5.41) is 3.43. The quantitative estimate of drug-likeness (QED) is 0.752. The molecule has 0 aliphatic carbocycles. The number of hydrogen-bond acceptors (Lipinski definition) is 4. The highest BCUT2D eigenvalue weighted by Gasteiger charge is 2.14. The van der Waals surface area contributed by atoms with E-state index in [1.807, 2.05) is 12.4 Å². The maximum atomic E-state index is 4.45. The van der Waals surface area contributed by atoms with Gasteiger partial charge in [0.2, 0.25) is 5.95 Å². The standard InChI is InChI=1S/C14H24N4/c1-2-3-4-7-15-10-13-11-16-14(17-12-13)18-8-5-6-9-18/h11-12,15H,2-10H2,1H3. The van der Waals surface area contributed by atoms with Gasteiger partial charge in [0.05, 0.1) is 0 Å². The normalized spacial score (nSPS) is 15.3. The molecule has 1 saturated heterocycles. The Kier molecular flexibility index (Phi) is 5.39. The minimum Gasteiger partial charge on any atom is -0.341 e. The molecule has 1 aromatic heterocycles. The van der Waals surface area contributed by atoms with Crippen LogP contribution in [0.25, 0.3) is 0 Å². The highest BCUT2D eigenvalue weighted by atomic mass is 15.3. The molecular weight excluding hydrogens is 224 g/mol. The van der Waals surface area contributed by atoms with Crippen LogP contribution in [0.2, 0.25) is 0 Å². The van der Waals surface area contributed by atoms with E-state index in [9.17, 15) is 0 Å². The Morgan fingerprint density at radius 3 is 2.56 bits per heavy atom. The Balaban J connectivity index is 1.73. The molecular formula is C14H24N4. The molecule has 0 atom stereocenters. The summed E-state index contributed by atoms with van der Waals surface area (Å²) in [6.07, 6.45) is 10.3. The molecule has 0 saturated carbocycles. The lowest BCUT2D eigenvalue weighted by molar-refractivity contribution is 0.615. The van der Waals surface area contributed by atoms with Crippen molar-refractivity contribution in [3.8, 4) is 0 Å². The molecule has 0 spiro atoms. The Labute approximate surface area is 110 Å². The minimum atomic E-state index is 0.879. The first-order valence-electron chi connectivity index (χ1n) is 7.16. The predicted octanol–water partition coefficient (Wildman–Crippen LogP) is 2.36. The smallest absolute Gasteiger partial charge is 0.225 e. The van der Waals surface area contributed by atoms with Gasteiger partial charge in [0, 0.05) is 37.6 Å². The lowest BCUT2D eigenvalue weighted by Crippen LogP contribution is -2.21. The first kappa shape index (κ1) is 13.3. The van der Waals surface area contributed by atoms with Crippen LogP contribution in [0, 0.1) is 0 Å². The number of hydrogen-bond donors (Lipinski definition) is 1. The third-order valence-corrected chi connectivity index (χ3v) is 3.37. The molecule has 1 N–H and O–H groups in total. The molecule has 1 aliphatic heterocycles. The monoisotopic (exact) mass is 248 g/mol. The average molecular weight is 248 g/mol. The van der Waals surface area contributed by atoms with Gasteiger partial charge in [-0.15, -0.1) is 0 Å². The van der Waals surface area contributed by atoms with Gasteiger partial charge in [0.1, 0.15) is 0 Å². The first-order valence-corrected chi connectivity index (χ1v) is 7.16. The van der Waals surface area contributed by atoms with E-state index in [4.69, 9.17) is 0 Å². The fourth-order valence-electron chi connectivity index (χ4n) is 2.25. The molecule has 4 nitrogen and oxygen atoms in total. The molecule has 1 aromatic rings. The molecule has 2 rings (SSSR count). The van der Waals surface area contributed by atoms with E-state index in [2.05, 4.69) is 27.1 Å². The van der Waals surface area contributed by atoms with Crippen molar-refractivity contribution < 1.29 is 0 Å². The van der Waals surface area contributed by atoms with Crippen molar-refractivity contribution in [3.05, 3.63) is 18.0 Å². The van der Waals surface area contributed by atoms with Crippen LogP contribution in [0.4, 0.5) is 5.95 Å². The van der Waals surface area contributed by atoms with Crippen LogP contribution in [0.5, 0.6) is 0 Å². The third-order valence-electron chi connectivity index (χ3n) is 3.37. The van der Waals surface area contributed by atoms with Gasteiger partial charge in [-0.1, -0.05) is 19.8 Å². The van der Waals surface area contributed by atoms with Gasteiger partial charge >= 0.3 is 0 Å². The zero-order chi connectivity index (χ0) is 12.6. The van der Waals surface area contributed by atoms with Gasteiger partial charge in [0.25, 0.3) is 0 Å². The van der Waals surface area contributed by atoms with Crippen molar-refractivity contribution in [2.24, 2.45) is 0 Å². The first-order chi connectivity index (χ1) is 8.90. The van der Waals surface area contributed by atoms with Crippen molar-refractivity contribution in [1.82, 2.24) is 15.3 Å². The largest absolute Gasteiger partial charge is 0.341 e. The van der Waals surface area contributed by atoms with Gasteiger partial charge in [0.15, 0.2) is 0 Å². The van der Waals surface area contributed by atoms with Crippen molar-refractivity contribution >= 4 is 5.95 Å². The van der Waals surface area contributed by atoms with Crippen molar-refractivity contribution in [2.75, 3.05) is 24.5 Å². The molecule has 0 radical (unpaired) electrons. The predicted molar refractivity (Wildman–Crippen MR) is 74.7 cm³/mol. The van der Waals surface area contributed by atoms with E-state index >= 15 is 0 Å². The number of rotatable bonds is 7. The summed E-state index contributed by atoms with van der Waals surface area (Å²) in [6, 6.07) is 0. The van der Waals surface area contributed by atoms with Crippen LogP contribution in [-0.4, -0.2) is 29.6 Å². The van der Waals surface area contributed by atoms with Crippen LogP contribution < -0.4 is 10.2 Å². The van der Waals surface area contributed by atoms with Crippen molar-refractivity contribution in [3.63, 3.8) is 0 Å². The number of nitrogens with one attached hydrogen (secondary N) is 1. The average Bonchev–Trinajstić information content (AvgIpc) is 2.93. The molecule has 1 aliphatic rings. The number of anilines is 1. The topological polar surface area (TPSA) is 41.1 Å². The van der Waals surface area contributed by atoms with Gasteiger partial charge in [-0.3, -0.25) is 0 Å². The number of aromatic nitrogens is 2. The summed E-state index contributed by atoms with van der Waals surface area (Å²) < 4.78 is 0. The Hall–Kier alpha value is -1.16. The fourth-order valence-corrected chi connectivity index (χ4v) is 2.25. The second kappa shape index (κ2) is 7.31. The van der Waals surface area contributed by atoms with Crippen LogP contribution >= 0.6 is 0 Å². The molecule has 0 aromatic carbocycles. The Bertz CT molecular complexity index is 330. The molecule has 18 heavy (non-hydrogen) atoms. The van der Waals surface area contributed by atoms with Gasteiger partial charge in [-0.25, -0.2) is 9.97 Å². The summed E-state index contributed by atoms with van der Waals surface area (Å²) in [5.41, 5.74) is 1.18. The van der Waals surface area contributed by atoms with E-state index in [1.165, 1.54) is 37.7 Å². The summed E-state index contributed by atoms with van der Waals surface area (Å²) >= 11 is 0. The lowest BCUT2D eigenvalue weighted by atomic mass is 10.2. The molecule has 0 amide bonds. The van der Waals surface area contributed by atoms with Crippen LogP contribution in [-0.2, 0) is 6.54 Å². The summed E-state index contributed by atoms with van der Waals surface area (Å²) in [6.45, 7) is 6.40.